The van der Waals surface area contributed by atoms with E-state index in [4.69, 9.17) is 19.9 Å². The summed E-state index contributed by atoms with van der Waals surface area (Å²) in [5.74, 6) is 1.13. The molecule has 0 unspecified atom stereocenters. The first-order valence-corrected chi connectivity index (χ1v) is 7.46. The molecule has 1 aliphatic heterocycles. The number of nitrogens with zero attached hydrogens (tertiary/aromatic N) is 4. The number of hydrogen-bond acceptors (Lipinski definition) is 8. The van der Waals surface area contributed by atoms with Crippen molar-refractivity contribution in [3.8, 4) is 6.01 Å². The third-order valence-corrected chi connectivity index (χ3v) is 3.48. The van der Waals surface area contributed by atoms with Crippen LogP contribution >= 0.6 is 0 Å². The molecule has 0 atom stereocenters. The quantitative estimate of drug-likeness (QED) is 0.709. The van der Waals surface area contributed by atoms with Crippen LogP contribution in [0.3, 0.4) is 0 Å². The standard InChI is InChI=1S/C14H25N5O3/c1-18(3-7-20-2)13-11-12(15)16-14(17-13)22-10-6-19-4-8-21-9-5-19/h11H,3-10H2,1-2H3,(H2,15,16,17). The van der Waals surface area contributed by atoms with E-state index >= 15 is 0 Å². The molecule has 1 saturated heterocycles. The van der Waals surface area contributed by atoms with Gasteiger partial charge in [0.1, 0.15) is 18.2 Å². The van der Waals surface area contributed by atoms with E-state index in [1.54, 1.807) is 13.2 Å². The molecule has 8 heteroatoms. The molecule has 1 aromatic heterocycles. The molecule has 0 spiro atoms. The number of hydrogen-bond donors (Lipinski definition) is 1. The maximum atomic E-state index is 5.82. The lowest BCUT2D eigenvalue weighted by Crippen LogP contribution is -2.38. The Hall–Kier alpha value is -1.64. The molecule has 0 aromatic carbocycles. The third-order valence-electron chi connectivity index (χ3n) is 3.48. The Morgan fingerprint density at radius 3 is 2.82 bits per heavy atom. The van der Waals surface area contributed by atoms with Crippen molar-refractivity contribution in [3.05, 3.63) is 6.07 Å². The third kappa shape index (κ3) is 5.28. The van der Waals surface area contributed by atoms with Crippen LogP contribution in [0, 0.1) is 0 Å². The van der Waals surface area contributed by atoms with Crippen molar-refractivity contribution in [2.45, 2.75) is 0 Å². The van der Waals surface area contributed by atoms with Crippen LogP contribution in [0.2, 0.25) is 0 Å². The van der Waals surface area contributed by atoms with Crippen LogP contribution in [-0.2, 0) is 9.47 Å². The lowest BCUT2D eigenvalue weighted by molar-refractivity contribution is 0.0317. The second-order valence-corrected chi connectivity index (χ2v) is 5.15. The SMILES string of the molecule is COCCN(C)c1cc(N)nc(OCCN2CCOCC2)n1. The number of ether oxygens (including phenoxy) is 3. The first-order chi connectivity index (χ1) is 10.7. The first-order valence-electron chi connectivity index (χ1n) is 7.46. The number of likely N-dealkylation sites (N-methyl/N-ethyl adjacent to an activating group) is 1. The molecule has 2 heterocycles. The minimum atomic E-state index is 0.313. The summed E-state index contributed by atoms with van der Waals surface area (Å²) in [6.45, 7) is 6.14. The number of anilines is 2. The molecule has 0 bridgehead atoms. The summed E-state index contributed by atoms with van der Waals surface area (Å²) in [5, 5.41) is 0. The minimum absolute atomic E-state index is 0.313. The normalized spacial score (nSPS) is 15.7. The van der Waals surface area contributed by atoms with Gasteiger partial charge in [-0.3, -0.25) is 4.90 Å². The predicted octanol–water partition coefficient (Wildman–Crippen LogP) is -0.148. The van der Waals surface area contributed by atoms with Gasteiger partial charge in [0, 0.05) is 46.4 Å². The van der Waals surface area contributed by atoms with E-state index in [1.807, 2.05) is 11.9 Å². The summed E-state index contributed by atoms with van der Waals surface area (Å²) >= 11 is 0. The average Bonchev–Trinajstić information content (AvgIpc) is 2.53. The lowest BCUT2D eigenvalue weighted by Gasteiger charge is -2.26. The zero-order chi connectivity index (χ0) is 15.8. The molecule has 1 fully saturated rings. The molecule has 1 aliphatic rings. The van der Waals surface area contributed by atoms with Crippen molar-refractivity contribution < 1.29 is 14.2 Å². The smallest absolute Gasteiger partial charge is 0.320 e. The fourth-order valence-electron chi connectivity index (χ4n) is 2.12. The number of aromatic nitrogens is 2. The van der Waals surface area contributed by atoms with Crippen molar-refractivity contribution in [2.24, 2.45) is 0 Å². The topological polar surface area (TPSA) is 86.0 Å². The highest BCUT2D eigenvalue weighted by Gasteiger charge is 2.11. The Labute approximate surface area is 131 Å². The molecule has 22 heavy (non-hydrogen) atoms. The highest BCUT2D eigenvalue weighted by atomic mass is 16.5. The van der Waals surface area contributed by atoms with E-state index in [2.05, 4.69) is 14.9 Å². The Balaban J connectivity index is 1.85. The van der Waals surface area contributed by atoms with Gasteiger partial charge in [0.05, 0.1) is 19.8 Å². The molecule has 0 saturated carbocycles. The van der Waals surface area contributed by atoms with Gasteiger partial charge >= 0.3 is 6.01 Å². The zero-order valence-corrected chi connectivity index (χ0v) is 13.3. The van der Waals surface area contributed by atoms with Crippen molar-refractivity contribution in [1.82, 2.24) is 14.9 Å². The molecule has 0 aliphatic carbocycles. The van der Waals surface area contributed by atoms with Crippen molar-refractivity contribution in [2.75, 3.05) is 77.4 Å². The van der Waals surface area contributed by atoms with E-state index in [-0.39, 0.29) is 0 Å². The fourth-order valence-corrected chi connectivity index (χ4v) is 2.12. The van der Waals surface area contributed by atoms with Crippen molar-refractivity contribution >= 4 is 11.6 Å². The van der Waals surface area contributed by atoms with E-state index in [1.165, 1.54) is 0 Å². The summed E-state index contributed by atoms with van der Waals surface area (Å²) < 4.78 is 16.0. The predicted molar refractivity (Wildman–Crippen MR) is 84.3 cm³/mol. The summed E-state index contributed by atoms with van der Waals surface area (Å²) in [7, 11) is 3.60. The van der Waals surface area contributed by atoms with Gasteiger partial charge in [0.25, 0.3) is 0 Å². The molecule has 0 amide bonds. The first kappa shape index (κ1) is 16.7. The van der Waals surface area contributed by atoms with Crippen LogP contribution in [0.15, 0.2) is 6.07 Å². The number of nitrogens with two attached hydrogens (primary N) is 1. The zero-order valence-electron chi connectivity index (χ0n) is 13.3. The number of rotatable bonds is 8. The van der Waals surface area contributed by atoms with Crippen LogP contribution in [-0.4, -0.2) is 81.6 Å². The molecule has 8 nitrogen and oxygen atoms in total. The number of methoxy groups -OCH3 is 1. The Morgan fingerprint density at radius 2 is 2.09 bits per heavy atom. The van der Waals surface area contributed by atoms with Crippen molar-refractivity contribution in [3.63, 3.8) is 0 Å². The van der Waals surface area contributed by atoms with Crippen molar-refractivity contribution in [1.29, 1.82) is 0 Å². The van der Waals surface area contributed by atoms with E-state index < -0.39 is 0 Å². The molecule has 0 radical (unpaired) electrons. The second kappa shape index (κ2) is 8.72. The van der Waals surface area contributed by atoms with E-state index in [0.29, 0.717) is 25.0 Å². The summed E-state index contributed by atoms with van der Waals surface area (Å²) in [6.07, 6.45) is 0. The van der Waals surface area contributed by atoms with Gasteiger partial charge in [0.15, 0.2) is 0 Å². The minimum Gasteiger partial charge on any atom is -0.462 e. The monoisotopic (exact) mass is 311 g/mol. The van der Waals surface area contributed by atoms with E-state index in [9.17, 15) is 0 Å². The van der Waals surface area contributed by atoms with Crippen LogP contribution in [0.5, 0.6) is 6.01 Å². The largest absolute Gasteiger partial charge is 0.462 e. The Morgan fingerprint density at radius 1 is 1.32 bits per heavy atom. The van der Waals surface area contributed by atoms with E-state index in [0.717, 1.165) is 45.2 Å². The lowest BCUT2D eigenvalue weighted by atomic mass is 10.4. The van der Waals surface area contributed by atoms with Crippen LogP contribution < -0.4 is 15.4 Å². The van der Waals surface area contributed by atoms with Gasteiger partial charge in [-0.25, -0.2) is 0 Å². The molecule has 2 rings (SSSR count). The average molecular weight is 311 g/mol. The summed E-state index contributed by atoms with van der Waals surface area (Å²) in [4.78, 5) is 12.8. The maximum absolute atomic E-state index is 5.82. The van der Waals surface area contributed by atoms with Gasteiger partial charge in [-0.1, -0.05) is 0 Å². The number of morpholine rings is 1. The van der Waals surface area contributed by atoms with Gasteiger partial charge in [-0.05, 0) is 0 Å². The van der Waals surface area contributed by atoms with Crippen LogP contribution in [0.4, 0.5) is 11.6 Å². The van der Waals surface area contributed by atoms with Gasteiger partial charge in [-0.15, -0.1) is 0 Å². The summed E-state index contributed by atoms with van der Waals surface area (Å²) in [5.41, 5.74) is 5.82. The Kier molecular flexibility index (Phi) is 6.63. The maximum Gasteiger partial charge on any atom is 0.320 e. The second-order valence-electron chi connectivity index (χ2n) is 5.15. The van der Waals surface area contributed by atoms with Gasteiger partial charge < -0.3 is 24.8 Å². The molecular weight excluding hydrogens is 286 g/mol. The van der Waals surface area contributed by atoms with Crippen LogP contribution in [0.1, 0.15) is 0 Å². The molecule has 2 N–H and O–H groups in total. The fraction of sp³-hybridized carbons (Fsp3) is 0.714. The Bertz CT molecular complexity index is 454. The summed E-state index contributed by atoms with van der Waals surface area (Å²) in [6, 6.07) is 2.04. The van der Waals surface area contributed by atoms with Gasteiger partial charge in [0.2, 0.25) is 0 Å². The molecule has 1 aromatic rings. The van der Waals surface area contributed by atoms with Gasteiger partial charge in [-0.2, -0.15) is 9.97 Å². The molecular formula is C14H25N5O3. The highest BCUT2D eigenvalue weighted by Crippen LogP contribution is 2.16. The number of nitrogen functional groups attached to an aromatic ring is 1. The molecule has 124 valence electrons. The van der Waals surface area contributed by atoms with Crippen LogP contribution in [0.25, 0.3) is 0 Å². The highest BCUT2D eigenvalue weighted by molar-refractivity contribution is 5.47.